The van der Waals surface area contributed by atoms with Crippen LogP contribution >= 0.6 is 11.8 Å². The minimum absolute atomic E-state index is 0.0365. The maximum absolute atomic E-state index is 12.4. The Morgan fingerprint density at radius 1 is 1.22 bits per heavy atom. The fourth-order valence-electron chi connectivity index (χ4n) is 2.32. The number of hydrogen-bond donors (Lipinski definition) is 5. The first-order chi connectivity index (χ1) is 12.7. The summed E-state index contributed by atoms with van der Waals surface area (Å²) < 4.78 is 0. The van der Waals surface area contributed by atoms with E-state index in [0.717, 1.165) is 0 Å². The fourth-order valence-corrected chi connectivity index (χ4v) is 3.52. The highest BCUT2D eigenvalue weighted by molar-refractivity contribution is 8.04. The zero-order chi connectivity index (χ0) is 20.1. The average molecular weight is 391 g/mol. The molecule has 2 rings (SSSR count). The molecule has 0 radical (unpaired) electrons. The van der Waals surface area contributed by atoms with E-state index in [1.807, 2.05) is 0 Å². The summed E-state index contributed by atoms with van der Waals surface area (Å²) in [6.07, 6.45) is -0.158. The summed E-state index contributed by atoms with van der Waals surface area (Å²) in [5.41, 5.74) is 6.55. The number of carbonyl (C=O) groups is 3. The molecule has 0 aromatic heterocycles. The fraction of sp³-hybridized carbons (Fsp3) is 0.294. The molecule has 1 unspecified atom stereocenters. The van der Waals surface area contributed by atoms with Crippen molar-refractivity contribution in [2.24, 2.45) is 5.73 Å². The molecule has 27 heavy (non-hydrogen) atoms. The van der Waals surface area contributed by atoms with Crippen LogP contribution in [0.4, 0.5) is 0 Å². The molecule has 1 heterocycles. The number of amides is 2. The first-order valence-electron chi connectivity index (χ1n) is 8.06. The van der Waals surface area contributed by atoms with Gasteiger partial charge >= 0.3 is 5.97 Å². The second-order valence-electron chi connectivity index (χ2n) is 5.86. The average Bonchev–Trinajstić information content (AvgIpc) is 2.90. The van der Waals surface area contributed by atoms with Gasteiger partial charge in [0.15, 0.2) is 5.50 Å². The maximum atomic E-state index is 12.4. The highest BCUT2D eigenvalue weighted by Crippen LogP contribution is 2.35. The van der Waals surface area contributed by atoms with Gasteiger partial charge in [-0.25, -0.2) is 0 Å². The minimum Gasteiger partial charge on any atom is -0.481 e. The van der Waals surface area contributed by atoms with Crippen molar-refractivity contribution in [2.75, 3.05) is 13.6 Å². The van der Waals surface area contributed by atoms with Crippen LogP contribution in [0, 0.1) is 5.41 Å². The Balaban J connectivity index is 1.98. The molecule has 6 N–H and O–H groups in total. The van der Waals surface area contributed by atoms with Crippen molar-refractivity contribution < 1.29 is 19.5 Å². The molecule has 10 heteroatoms. The topological polar surface area (TPSA) is 149 Å². The summed E-state index contributed by atoms with van der Waals surface area (Å²) in [7, 11) is 1.75. The Morgan fingerprint density at radius 3 is 2.37 bits per heavy atom. The number of thioether (sulfide) groups is 1. The predicted octanol–water partition coefficient (Wildman–Crippen LogP) is 0.485. The molecule has 0 fully saturated rings. The second kappa shape index (κ2) is 8.58. The number of nitrogens with one attached hydrogen (secondary N) is 3. The van der Waals surface area contributed by atoms with E-state index in [-0.39, 0.29) is 30.6 Å². The lowest BCUT2D eigenvalue weighted by Gasteiger charge is -2.23. The van der Waals surface area contributed by atoms with Crippen LogP contribution in [0.5, 0.6) is 0 Å². The van der Waals surface area contributed by atoms with Crippen LogP contribution in [0.25, 0.3) is 0 Å². The van der Waals surface area contributed by atoms with Crippen LogP contribution in [0.15, 0.2) is 34.9 Å². The van der Waals surface area contributed by atoms with Crippen LogP contribution in [0.2, 0.25) is 0 Å². The quantitative estimate of drug-likeness (QED) is 0.335. The lowest BCUT2D eigenvalue weighted by atomic mass is 10.1. The molecule has 1 atom stereocenters. The molecular weight excluding hydrogens is 370 g/mol. The van der Waals surface area contributed by atoms with Crippen molar-refractivity contribution in [3.63, 3.8) is 0 Å². The van der Waals surface area contributed by atoms with Gasteiger partial charge in [0.1, 0.15) is 5.84 Å². The van der Waals surface area contributed by atoms with Gasteiger partial charge in [-0.15, -0.1) is 0 Å². The highest BCUT2D eigenvalue weighted by Gasteiger charge is 2.32. The third-order valence-corrected chi connectivity index (χ3v) is 5.36. The Morgan fingerprint density at radius 2 is 1.81 bits per heavy atom. The number of carbonyl (C=O) groups excluding carboxylic acids is 2. The van der Waals surface area contributed by atoms with Gasteiger partial charge in [-0.05, 0) is 19.1 Å². The summed E-state index contributed by atoms with van der Waals surface area (Å²) in [6, 6.07) is 6.33. The number of nitrogens with zero attached hydrogens (tertiary/aromatic N) is 1. The molecule has 0 saturated heterocycles. The van der Waals surface area contributed by atoms with Gasteiger partial charge < -0.3 is 26.4 Å². The van der Waals surface area contributed by atoms with E-state index in [1.165, 1.54) is 11.8 Å². The smallest absolute Gasteiger partial charge is 0.305 e. The molecule has 2 amide bonds. The number of rotatable bonds is 7. The summed E-state index contributed by atoms with van der Waals surface area (Å²) >= 11 is 1.18. The summed E-state index contributed by atoms with van der Waals surface area (Å²) in [5, 5.41) is 21.4. The van der Waals surface area contributed by atoms with Crippen molar-refractivity contribution >= 4 is 35.4 Å². The molecule has 1 aliphatic heterocycles. The number of benzene rings is 1. The number of hydrogen-bond acceptors (Lipinski definition) is 6. The van der Waals surface area contributed by atoms with Crippen molar-refractivity contribution in [1.82, 2.24) is 15.5 Å². The van der Waals surface area contributed by atoms with Gasteiger partial charge in [0.25, 0.3) is 11.8 Å². The first kappa shape index (κ1) is 20.3. The third-order valence-electron chi connectivity index (χ3n) is 3.98. The van der Waals surface area contributed by atoms with E-state index in [2.05, 4.69) is 10.6 Å². The zero-order valence-electron chi connectivity index (χ0n) is 14.9. The minimum atomic E-state index is -0.988. The van der Waals surface area contributed by atoms with Gasteiger partial charge in [-0.1, -0.05) is 23.9 Å². The SMILES string of the molecule is CC1=C(C(=O)NCCC(=O)O)SC(NC(=O)c2ccc(C(=N)N)cc2)N1C. The lowest BCUT2D eigenvalue weighted by Crippen LogP contribution is -2.40. The molecule has 1 aromatic carbocycles. The molecule has 0 saturated carbocycles. The monoisotopic (exact) mass is 391 g/mol. The molecule has 1 aromatic rings. The van der Waals surface area contributed by atoms with Crippen molar-refractivity contribution in [3.05, 3.63) is 46.0 Å². The number of allylic oxidation sites excluding steroid dienone is 1. The number of nitrogens with two attached hydrogens (primary N) is 1. The van der Waals surface area contributed by atoms with Crippen LogP contribution in [0.1, 0.15) is 29.3 Å². The van der Waals surface area contributed by atoms with Crippen molar-refractivity contribution in [1.29, 1.82) is 5.41 Å². The Hall–Kier alpha value is -3.01. The number of amidine groups is 1. The van der Waals surface area contributed by atoms with E-state index in [0.29, 0.717) is 21.7 Å². The lowest BCUT2D eigenvalue weighted by molar-refractivity contribution is -0.136. The van der Waals surface area contributed by atoms with Gasteiger partial charge in [0.2, 0.25) is 0 Å². The van der Waals surface area contributed by atoms with Gasteiger partial charge in [-0.3, -0.25) is 19.8 Å². The highest BCUT2D eigenvalue weighted by atomic mass is 32.2. The normalized spacial score (nSPS) is 16.2. The van der Waals surface area contributed by atoms with E-state index in [4.69, 9.17) is 16.2 Å². The summed E-state index contributed by atoms with van der Waals surface area (Å²) in [5.74, 6) is -1.76. The summed E-state index contributed by atoms with van der Waals surface area (Å²) in [6.45, 7) is 1.79. The molecule has 0 bridgehead atoms. The number of carboxylic acids is 1. The maximum Gasteiger partial charge on any atom is 0.305 e. The van der Waals surface area contributed by atoms with Gasteiger partial charge in [0.05, 0.1) is 11.3 Å². The number of carboxylic acid groups (broad SMARTS) is 1. The molecular formula is C17H21N5O4S. The van der Waals surface area contributed by atoms with Crippen LogP contribution < -0.4 is 16.4 Å². The Bertz CT molecular complexity index is 806. The van der Waals surface area contributed by atoms with Crippen LogP contribution in [-0.2, 0) is 9.59 Å². The van der Waals surface area contributed by atoms with E-state index in [1.54, 1.807) is 43.1 Å². The van der Waals surface area contributed by atoms with Crippen LogP contribution in [0.3, 0.4) is 0 Å². The molecule has 0 spiro atoms. The van der Waals surface area contributed by atoms with Crippen LogP contribution in [-0.4, -0.2) is 52.7 Å². The number of nitrogen functional groups attached to an aromatic ring is 1. The largest absolute Gasteiger partial charge is 0.481 e. The number of aliphatic carboxylic acids is 1. The molecule has 144 valence electrons. The second-order valence-corrected chi connectivity index (χ2v) is 6.95. The standard InChI is InChI=1S/C17H21N5O4S/c1-9-13(16(26)20-8-7-12(23)24)27-17(22(9)2)21-15(25)11-5-3-10(4-6-11)14(18)19/h3-6,17H,7-8H2,1-2H3,(H3,18,19)(H,20,26)(H,21,25)(H,23,24). The summed E-state index contributed by atoms with van der Waals surface area (Å²) in [4.78, 5) is 37.4. The Labute approximate surface area is 160 Å². The molecule has 1 aliphatic rings. The third kappa shape index (κ3) is 5.00. The molecule has 9 nitrogen and oxygen atoms in total. The van der Waals surface area contributed by atoms with E-state index in [9.17, 15) is 14.4 Å². The van der Waals surface area contributed by atoms with Crippen molar-refractivity contribution in [3.8, 4) is 0 Å². The predicted molar refractivity (Wildman–Crippen MR) is 102 cm³/mol. The van der Waals surface area contributed by atoms with Gasteiger partial charge in [0, 0.05) is 30.4 Å². The zero-order valence-corrected chi connectivity index (χ0v) is 15.7. The van der Waals surface area contributed by atoms with Gasteiger partial charge in [-0.2, -0.15) is 0 Å². The van der Waals surface area contributed by atoms with E-state index < -0.39 is 11.5 Å². The van der Waals surface area contributed by atoms with Crippen molar-refractivity contribution in [2.45, 2.75) is 18.8 Å². The Kier molecular flexibility index (Phi) is 6.45. The van der Waals surface area contributed by atoms with E-state index >= 15 is 0 Å². The first-order valence-corrected chi connectivity index (χ1v) is 8.94. The molecule has 0 aliphatic carbocycles.